The number of benzene rings is 1. The van der Waals surface area contributed by atoms with Gasteiger partial charge in [0.2, 0.25) is 0 Å². The van der Waals surface area contributed by atoms with Gasteiger partial charge < -0.3 is 30.9 Å². The zero-order valence-electron chi connectivity index (χ0n) is 23.3. The minimum absolute atomic E-state index is 0. The summed E-state index contributed by atoms with van der Waals surface area (Å²) in [5, 5.41) is 0. The van der Waals surface area contributed by atoms with Crippen LogP contribution in [0.2, 0.25) is 0 Å². The SMILES string of the molecule is CCCCCCCCCCCCCCCCCC[N+](C)(C)CCOc1c(C=O)cccc1OC.[Br-]. The van der Waals surface area contributed by atoms with E-state index in [1.165, 1.54) is 103 Å². The van der Waals surface area contributed by atoms with Gasteiger partial charge in [0, 0.05) is 0 Å². The topological polar surface area (TPSA) is 35.5 Å². The lowest BCUT2D eigenvalue weighted by molar-refractivity contribution is -0.890. The molecule has 0 saturated carbocycles. The zero-order valence-corrected chi connectivity index (χ0v) is 24.9. The number of hydrogen-bond acceptors (Lipinski definition) is 3. The molecule has 0 atom stereocenters. The quantitative estimate of drug-likeness (QED) is 0.105. The molecule has 204 valence electrons. The Kier molecular flexibility index (Phi) is 21.5. The van der Waals surface area contributed by atoms with Gasteiger partial charge in [0.1, 0.15) is 13.2 Å². The van der Waals surface area contributed by atoms with Gasteiger partial charge >= 0.3 is 0 Å². The Morgan fingerprint density at radius 1 is 0.743 bits per heavy atom. The van der Waals surface area contributed by atoms with E-state index in [1.807, 2.05) is 12.1 Å². The first kappa shape index (κ1) is 33.9. The zero-order chi connectivity index (χ0) is 24.9. The predicted octanol–water partition coefficient (Wildman–Crippen LogP) is 5.23. The van der Waals surface area contributed by atoms with Crippen LogP contribution in [0.15, 0.2) is 18.2 Å². The number of aldehydes is 1. The average molecular weight is 557 g/mol. The number of unbranched alkanes of at least 4 members (excludes halogenated alkanes) is 15. The summed E-state index contributed by atoms with van der Waals surface area (Å²) in [6, 6.07) is 5.41. The molecule has 35 heavy (non-hydrogen) atoms. The molecule has 0 bridgehead atoms. The second-order valence-electron chi connectivity index (χ2n) is 10.5. The number of quaternary nitrogens is 1. The van der Waals surface area contributed by atoms with Crippen molar-refractivity contribution in [1.29, 1.82) is 0 Å². The molecule has 1 aromatic carbocycles. The normalized spacial score (nSPS) is 11.2. The second kappa shape index (κ2) is 22.2. The van der Waals surface area contributed by atoms with Crippen LogP contribution in [0.3, 0.4) is 0 Å². The Labute approximate surface area is 227 Å². The third kappa shape index (κ3) is 17.1. The summed E-state index contributed by atoms with van der Waals surface area (Å²) >= 11 is 0. The van der Waals surface area contributed by atoms with Crippen LogP contribution < -0.4 is 26.5 Å². The Bertz CT molecular complexity index is 636. The van der Waals surface area contributed by atoms with Crippen LogP contribution in [0.25, 0.3) is 0 Å². The van der Waals surface area contributed by atoms with Crippen molar-refractivity contribution in [3.05, 3.63) is 23.8 Å². The Hall–Kier alpha value is -1.07. The van der Waals surface area contributed by atoms with Crippen molar-refractivity contribution in [2.45, 2.75) is 110 Å². The fourth-order valence-corrected chi connectivity index (χ4v) is 4.54. The van der Waals surface area contributed by atoms with Crippen molar-refractivity contribution in [3.8, 4) is 11.5 Å². The summed E-state index contributed by atoms with van der Waals surface area (Å²) in [6.45, 7) is 4.94. The van der Waals surface area contributed by atoms with Crippen LogP contribution in [-0.4, -0.2) is 51.7 Å². The number of halogens is 1. The number of carbonyl (C=O) groups excluding carboxylic acids is 1. The van der Waals surface area contributed by atoms with Crippen molar-refractivity contribution >= 4 is 6.29 Å². The van der Waals surface area contributed by atoms with Gasteiger partial charge in [-0.1, -0.05) is 103 Å². The maximum Gasteiger partial charge on any atom is 0.171 e. The molecule has 0 spiro atoms. The molecule has 0 aliphatic carbocycles. The van der Waals surface area contributed by atoms with Gasteiger partial charge in [-0.05, 0) is 25.0 Å². The van der Waals surface area contributed by atoms with Crippen molar-refractivity contribution < 1.29 is 35.7 Å². The minimum Gasteiger partial charge on any atom is -1.00 e. The maximum absolute atomic E-state index is 11.3. The summed E-state index contributed by atoms with van der Waals surface area (Å²) in [6.07, 6.45) is 23.3. The van der Waals surface area contributed by atoms with Gasteiger partial charge in [-0.3, -0.25) is 4.79 Å². The molecule has 5 heteroatoms. The Balaban J connectivity index is 0.0000116. The number of ether oxygens (including phenoxy) is 2. The molecule has 0 aliphatic heterocycles. The lowest BCUT2D eigenvalue weighted by Crippen LogP contribution is -3.00. The highest BCUT2D eigenvalue weighted by molar-refractivity contribution is 5.81. The summed E-state index contributed by atoms with van der Waals surface area (Å²) in [5.41, 5.74) is 0.544. The van der Waals surface area contributed by atoms with Crippen LogP contribution in [0.1, 0.15) is 120 Å². The van der Waals surface area contributed by atoms with Gasteiger partial charge in [0.15, 0.2) is 17.8 Å². The number of rotatable bonds is 23. The molecule has 0 aliphatic rings. The van der Waals surface area contributed by atoms with Crippen molar-refractivity contribution in [2.24, 2.45) is 0 Å². The van der Waals surface area contributed by atoms with Gasteiger partial charge in [-0.2, -0.15) is 0 Å². The molecule has 1 aromatic rings. The van der Waals surface area contributed by atoms with Gasteiger partial charge in [-0.15, -0.1) is 0 Å². The molecule has 0 heterocycles. The molecule has 0 aromatic heterocycles. The van der Waals surface area contributed by atoms with Crippen LogP contribution in [-0.2, 0) is 0 Å². The summed E-state index contributed by atoms with van der Waals surface area (Å²) in [7, 11) is 6.13. The van der Waals surface area contributed by atoms with E-state index in [2.05, 4.69) is 21.0 Å². The van der Waals surface area contributed by atoms with E-state index in [-0.39, 0.29) is 17.0 Å². The number of hydrogen-bond donors (Lipinski definition) is 0. The van der Waals surface area contributed by atoms with Crippen LogP contribution in [0.4, 0.5) is 0 Å². The molecule has 0 amide bonds. The smallest absolute Gasteiger partial charge is 0.171 e. The molecule has 0 N–H and O–H groups in total. The third-order valence-corrected chi connectivity index (χ3v) is 6.92. The third-order valence-electron chi connectivity index (χ3n) is 6.92. The fraction of sp³-hybridized carbons (Fsp3) is 0.767. The molecule has 0 fully saturated rings. The molecular weight excluding hydrogens is 502 g/mol. The first-order valence-corrected chi connectivity index (χ1v) is 14.1. The van der Waals surface area contributed by atoms with Crippen molar-refractivity contribution in [3.63, 3.8) is 0 Å². The van der Waals surface area contributed by atoms with E-state index in [9.17, 15) is 4.79 Å². The Morgan fingerprint density at radius 2 is 1.23 bits per heavy atom. The lowest BCUT2D eigenvalue weighted by atomic mass is 10.0. The maximum atomic E-state index is 11.3. The molecule has 0 radical (unpaired) electrons. The molecular formula is C30H54BrNO3. The van der Waals surface area contributed by atoms with E-state index in [0.29, 0.717) is 23.7 Å². The fourth-order valence-electron chi connectivity index (χ4n) is 4.54. The molecule has 0 unspecified atom stereocenters. The van der Waals surface area contributed by atoms with E-state index < -0.39 is 0 Å². The largest absolute Gasteiger partial charge is 1.00 e. The highest BCUT2D eigenvalue weighted by Crippen LogP contribution is 2.30. The van der Waals surface area contributed by atoms with E-state index >= 15 is 0 Å². The highest BCUT2D eigenvalue weighted by Gasteiger charge is 2.16. The standard InChI is InChI=1S/C30H54NO3.BrH/c1-5-6-7-8-9-10-11-12-13-14-15-16-17-18-19-20-24-31(2,3)25-26-34-30-28(27-32)22-21-23-29(30)33-4;/h21-23,27H,5-20,24-26H2,1-4H3;1H/q+1;/p-1. The van der Waals surface area contributed by atoms with E-state index in [0.717, 1.165) is 23.9 Å². The lowest BCUT2D eigenvalue weighted by Gasteiger charge is -2.30. The number of carbonyl (C=O) groups is 1. The van der Waals surface area contributed by atoms with E-state index in [4.69, 9.17) is 9.47 Å². The number of methoxy groups -OCH3 is 1. The van der Waals surface area contributed by atoms with Gasteiger partial charge in [-0.25, -0.2) is 0 Å². The average Bonchev–Trinajstić information content (AvgIpc) is 2.83. The van der Waals surface area contributed by atoms with Crippen LogP contribution >= 0.6 is 0 Å². The predicted molar refractivity (Wildman–Crippen MR) is 145 cm³/mol. The summed E-state index contributed by atoms with van der Waals surface area (Å²) < 4.78 is 12.2. The van der Waals surface area contributed by atoms with Crippen molar-refractivity contribution in [1.82, 2.24) is 0 Å². The monoisotopic (exact) mass is 555 g/mol. The van der Waals surface area contributed by atoms with Gasteiger partial charge in [0.05, 0.1) is 33.3 Å². The molecule has 1 rings (SSSR count). The van der Waals surface area contributed by atoms with Crippen LogP contribution in [0, 0.1) is 0 Å². The van der Waals surface area contributed by atoms with E-state index in [1.54, 1.807) is 13.2 Å². The van der Waals surface area contributed by atoms with Crippen LogP contribution in [0.5, 0.6) is 11.5 Å². The van der Waals surface area contributed by atoms with Gasteiger partial charge in [0.25, 0.3) is 0 Å². The second-order valence-corrected chi connectivity index (χ2v) is 10.5. The number of nitrogens with zero attached hydrogens (tertiary/aromatic N) is 1. The summed E-state index contributed by atoms with van der Waals surface area (Å²) in [4.78, 5) is 11.3. The number of para-hydroxylation sites is 1. The molecule has 4 nitrogen and oxygen atoms in total. The molecule has 0 saturated heterocycles. The first-order valence-electron chi connectivity index (χ1n) is 14.1. The number of likely N-dealkylation sites (N-methyl/N-ethyl adjacent to an activating group) is 1. The Morgan fingerprint density at radius 3 is 1.69 bits per heavy atom. The highest BCUT2D eigenvalue weighted by atomic mass is 79.9. The summed E-state index contributed by atoms with van der Waals surface area (Å²) in [5.74, 6) is 1.18. The minimum atomic E-state index is 0. The van der Waals surface area contributed by atoms with Crippen molar-refractivity contribution in [2.75, 3.05) is 40.9 Å². The first-order chi connectivity index (χ1) is 16.5.